The van der Waals surface area contributed by atoms with E-state index in [2.05, 4.69) is 4.90 Å². The standard InChI is InChI=1S/C13H27N3O/c1-4-16(5-2)12(17)10-15(3)13(11-14)8-6-7-9-13/h4-11,14H2,1-3H3. The molecular weight excluding hydrogens is 214 g/mol. The average Bonchev–Trinajstić information content (AvgIpc) is 2.80. The number of amides is 1. The lowest BCUT2D eigenvalue weighted by Crippen LogP contribution is -2.53. The van der Waals surface area contributed by atoms with Crippen LogP contribution in [0.5, 0.6) is 0 Å². The first-order chi connectivity index (χ1) is 8.09. The van der Waals surface area contributed by atoms with Gasteiger partial charge in [-0.1, -0.05) is 12.8 Å². The van der Waals surface area contributed by atoms with E-state index < -0.39 is 0 Å². The zero-order valence-corrected chi connectivity index (χ0v) is 11.5. The van der Waals surface area contributed by atoms with Crippen molar-refractivity contribution in [3.05, 3.63) is 0 Å². The molecular formula is C13H27N3O. The summed E-state index contributed by atoms with van der Waals surface area (Å²) < 4.78 is 0. The summed E-state index contributed by atoms with van der Waals surface area (Å²) in [4.78, 5) is 16.1. The monoisotopic (exact) mass is 241 g/mol. The van der Waals surface area contributed by atoms with E-state index in [1.54, 1.807) is 0 Å². The molecule has 0 aromatic heterocycles. The van der Waals surface area contributed by atoms with Gasteiger partial charge in [0.1, 0.15) is 0 Å². The van der Waals surface area contributed by atoms with Gasteiger partial charge in [-0.3, -0.25) is 9.69 Å². The highest BCUT2D eigenvalue weighted by Gasteiger charge is 2.37. The molecule has 1 amide bonds. The number of hydrogen-bond acceptors (Lipinski definition) is 3. The van der Waals surface area contributed by atoms with Crippen LogP contribution in [0.4, 0.5) is 0 Å². The van der Waals surface area contributed by atoms with Crippen molar-refractivity contribution in [3.63, 3.8) is 0 Å². The third kappa shape index (κ3) is 3.19. The second-order valence-corrected chi connectivity index (χ2v) is 5.06. The van der Waals surface area contributed by atoms with Gasteiger partial charge in [0.05, 0.1) is 6.54 Å². The third-order valence-electron chi connectivity index (χ3n) is 4.21. The van der Waals surface area contributed by atoms with Crippen molar-refractivity contribution in [2.24, 2.45) is 5.73 Å². The second kappa shape index (κ2) is 6.36. The quantitative estimate of drug-likeness (QED) is 0.756. The lowest BCUT2D eigenvalue weighted by atomic mass is 9.96. The fourth-order valence-corrected chi connectivity index (χ4v) is 2.82. The lowest BCUT2D eigenvalue weighted by molar-refractivity contribution is -0.133. The maximum atomic E-state index is 12.1. The first-order valence-electron chi connectivity index (χ1n) is 6.78. The van der Waals surface area contributed by atoms with Crippen LogP contribution in [0.3, 0.4) is 0 Å². The number of hydrogen-bond donors (Lipinski definition) is 1. The molecule has 0 bridgehead atoms. The Morgan fingerprint density at radius 1 is 1.24 bits per heavy atom. The molecule has 0 aromatic rings. The van der Waals surface area contributed by atoms with E-state index in [9.17, 15) is 4.79 Å². The maximum Gasteiger partial charge on any atom is 0.236 e. The number of carbonyl (C=O) groups excluding carboxylic acids is 1. The number of rotatable bonds is 6. The molecule has 0 atom stereocenters. The normalized spacial score (nSPS) is 18.6. The molecule has 0 unspecified atom stereocenters. The average molecular weight is 241 g/mol. The lowest BCUT2D eigenvalue weighted by Gasteiger charge is -2.38. The van der Waals surface area contributed by atoms with Crippen LogP contribution in [-0.2, 0) is 4.79 Å². The van der Waals surface area contributed by atoms with Crippen molar-refractivity contribution in [2.45, 2.75) is 45.1 Å². The van der Waals surface area contributed by atoms with Gasteiger partial charge in [-0.15, -0.1) is 0 Å². The van der Waals surface area contributed by atoms with Gasteiger partial charge < -0.3 is 10.6 Å². The van der Waals surface area contributed by atoms with Crippen molar-refractivity contribution in [3.8, 4) is 0 Å². The van der Waals surface area contributed by atoms with Gasteiger partial charge in [0.2, 0.25) is 5.91 Å². The van der Waals surface area contributed by atoms with E-state index in [1.165, 1.54) is 12.8 Å². The van der Waals surface area contributed by atoms with Crippen molar-refractivity contribution < 1.29 is 4.79 Å². The van der Waals surface area contributed by atoms with Crippen molar-refractivity contribution in [2.75, 3.05) is 33.2 Å². The molecule has 1 aliphatic carbocycles. The molecule has 1 aliphatic rings. The summed E-state index contributed by atoms with van der Waals surface area (Å²) in [5.74, 6) is 0.220. The molecule has 0 radical (unpaired) electrons. The van der Waals surface area contributed by atoms with Crippen LogP contribution in [-0.4, -0.2) is 54.5 Å². The SMILES string of the molecule is CCN(CC)C(=O)CN(C)C1(CN)CCCC1. The van der Waals surface area contributed by atoms with Gasteiger partial charge in [-0.2, -0.15) is 0 Å². The van der Waals surface area contributed by atoms with Gasteiger partial charge >= 0.3 is 0 Å². The molecule has 1 fully saturated rings. The maximum absolute atomic E-state index is 12.1. The fourth-order valence-electron chi connectivity index (χ4n) is 2.82. The Bertz CT molecular complexity index is 245. The van der Waals surface area contributed by atoms with Crippen LogP contribution in [0.25, 0.3) is 0 Å². The summed E-state index contributed by atoms with van der Waals surface area (Å²) >= 11 is 0. The Balaban J connectivity index is 2.58. The molecule has 100 valence electrons. The Hall–Kier alpha value is -0.610. The minimum atomic E-state index is 0.0722. The summed E-state index contributed by atoms with van der Waals surface area (Å²) in [5.41, 5.74) is 5.99. The summed E-state index contributed by atoms with van der Waals surface area (Å²) in [7, 11) is 2.04. The van der Waals surface area contributed by atoms with Crippen molar-refractivity contribution in [1.29, 1.82) is 0 Å². The summed E-state index contributed by atoms with van der Waals surface area (Å²) in [6, 6.07) is 0. The molecule has 0 saturated heterocycles. The van der Waals surface area contributed by atoms with E-state index in [0.29, 0.717) is 13.1 Å². The predicted molar refractivity (Wildman–Crippen MR) is 70.8 cm³/mol. The molecule has 2 N–H and O–H groups in total. The molecule has 1 rings (SSSR count). The largest absolute Gasteiger partial charge is 0.342 e. The third-order valence-corrected chi connectivity index (χ3v) is 4.21. The Morgan fingerprint density at radius 2 is 1.76 bits per heavy atom. The fraction of sp³-hybridized carbons (Fsp3) is 0.923. The highest BCUT2D eigenvalue weighted by molar-refractivity contribution is 5.78. The molecule has 4 heteroatoms. The van der Waals surface area contributed by atoms with Crippen LogP contribution in [0, 0.1) is 0 Å². The van der Waals surface area contributed by atoms with Gasteiger partial charge in [0.15, 0.2) is 0 Å². The van der Waals surface area contributed by atoms with Gasteiger partial charge in [0, 0.05) is 25.2 Å². The van der Waals surface area contributed by atoms with Crippen LogP contribution in [0.15, 0.2) is 0 Å². The molecule has 17 heavy (non-hydrogen) atoms. The van der Waals surface area contributed by atoms with E-state index >= 15 is 0 Å². The highest BCUT2D eigenvalue weighted by atomic mass is 16.2. The van der Waals surface area contributed by atoms with Gasteiger partial charge in [-0.25, -0.2) is 0 Å². The smallest absolute Gasteiger partial charge is 0.236 e. The van der Waals surface area contributed by atoms with Crippen LogP contribution >= 0.6 is 0 Å². The van der Waals surface area contributed by atoms with E-state index in [0.717, 1.165) is 25.9 Å². The van der Waals surface area contributed by atoms with Gasteiger partial charge in [0.25, 0.3) is 0 Å². The molecule has 4 nitrogen and oxygen atoms in total. The van der Waals surface area contributed by atoms with Crippen LogP contribution < -0.4 is 5.73 Å². The van der Waals surface area contributed by atoms with Crippen LogP contribution in [0.2, 0.25) is 0 Å². The Kier molecular flexibility index (Phi) is 5.40. The number of carbonyl (C=O) groups is 1. The predicted octanol–water partition coefficient (Wildman–Crippen LogP) is 1.06. The van der Waals surface area contributed by atoms with E-state index in [-0.39, 0.29) is 11.4 Å². The summed E-state index contributed by atoms with van der Waals surface area (Å²) in [5, 5.41) is 0. The molecule has 1 saturated carbocycles. The number of nitrogens with zero attached hydrogens (tertiary/aromatic N) is 2. The Morgan fingerprint density at radius 3 is 2.18 bits per heavy atom. The topological polar surface area (TPSA) is 49.6 Å². The first-order valence-corrected chi connectivity index (χ1v) is 6.78. The minimum absolute atomic E-state index is 0.0722. The molecule has 0 aliphatic heterocycles. The zero-order chi connectivity index (χ0) is 12.9. The Labute approximate surface area is 105 Å². The van der Waals surface area contributed by atoms with Gasteiger partial charge in [-0.05, 0) is 33.7 Å². The summed E-state index contributed by atoms with van der Waals surface area (Å²) in [6.07, 6.45) is 4.74. The van der Waals surface area contributed by atoms with E-state index in [1.807, 2.05) is 25.8 Å². The van der Waals surface area contributed by atoms with E-state index in [4.69, 9.17) is 5.73 Å². The summed E-state index contributed by atoms with van der Waals surface area (Å²) in [6.45, 7) is 6.79. The molecule has 0 spiro atoms. The van der Waals surface area contributed by atoms with Crippen molar-refractivity contribution >= 4 is 5.91 Å². The number of nitrogens with two attached hydrogens (primary N) is 1. The van der Waals surface area contributed by atoms with Crippen LogP contribution in [0.1, 0.15) is 39.5 Å². The first kappa shape index (κ1) is 14.5. The van der Waals surface area contributed by atoms with Crippen molar-refractivity contribution in [1.82, 2.24) is 9.80 Å². The zero-order valence-electron chi connectivity index (χ0n) is 11.5. The highest BCUT2D eigenvalue weighted by Crippen LogP contribution is 2.33. The minimum Gasteiger partial charge on any atom is -0.342 e. The number of likely N-dealkylation sites (N-methyl/N-ethyl adjacent to an activating group) is 2. The second-order valence-electron chi connectivity index (χ2n) is 5.06. The molecule has 0 heterocycles. The molecule has 0 aromatic carbocycles.